The molecule has 1 heteroatoms. The van der Waals surface area contributed by atoms with E-state index < -0.39 is 0 Å². The van der Waals surface area contributed by atoms with Crippen LogP contribution < -0.4 is 0 Å². The van der Waals surface area contributed by atoms with Gasteiger partial charge in [0.15, 0.2) is 5.78 Å². The minimum atomic E-state index is 0.203. The van der Waals surface area contributed by atoms with Gasteiger partial charge in [-0.2, -0.15) is 0 Å². The smallest absolute Gasteiger partial charge is 0.155 e. The molecule has 0 fully saturated rings. The summed E-state index contributed by atoms with van der Waals surface area (Å²) in [6.07, 6.45) is 36.0. The van der Waals surface area contributed by atoms with Gasteiger partial charge in [0.05, 0.1) is 0 Å². The summed E-state index contributed by atoms with van der Waals surface area (Å²) in [7, 11) is 0. The van der Waals surface area contributed by atoms with E-state index in [9.17, 15) is 4.79 Å². The van der Waals surface area contributed by atoms with E-state index in [1.807, 2.05) is 0 Å². The van der Waals surface area contributed by atoms with Gasteiger partial charge in [-0.1, -0.05) is 161 Å². The normalized spacial score (nSPS) is 11.1. The Bertz CT molecular complexity index is 346. The van der Waals surface area contributed by atoms with Crippen molar-refractivity contribution < 1.29 is 4.79 Å². The summed E-state index contributed by atoms with van der Waals surface area (Å²) in [4.78, 5) is 11.1. The summed E-state index contributed by atoms with van der Waals surface area (Å²) in [6.45, 7) is 5.82. The van der Waals surface area contributed by atoms with E-state index in [0.717, 1.165) is 6.42 Å². The SMILES string of the molecule is C=CC(=O)CCCCCCCCCCCCCCCCCCCCCCCCCC. The Morgan fingerprint density at radius 2 is 0.700 bits per heavy atom. The van der Waals surface area contributed by atoms with Crippen molar-refractivity contribution in [2.45, 2.75) is 167 Å². The van der Waals surface area contributed by atoms with E-state index >= 15 is 0 Å². The molecule has 0 N–H and O–H groups in total. The molecule has 0 bridgehead atoms. The second kappa shape index (κ2) is 26.4. The minimum Gasteiger partial charge on any atom is -0.295 e. The largest absolute Gasteiger partial charge is 0.295 e. The maximum Gasteiger partial charge on any atom is 0.155 e. The number of allylic oxidation sites excluding steroid dienone is 1. The Balaban J connectivity index is 3.02. The van der Waals surface area contributed by atoms with E-state index in [1.165, 1.54) is 154 Å². The summed E-state index contributed by atoms with van der Waals surface area (Å²) in [5.74, 6) is 0.203. The first-order chi connectivity index (χ1) is 14.8. The van der Waals surface area contributed by atoms with Crippen molar-refractivity contribution in [1.82, 2.24) is 0 Å². The molecule has 0 radical (unpaired) electrons. The quantitative estimate of drug-likeness (QED) is 0.100. The number of hydrogen-bond acceptors (Lipinski definition) is 1. The van der Waals surface area contributed by atoms with Gasteiger partial charge in [-0.25, -0.2) is 0 Å². The van der Waals surface area contributed by atoms with Gasteiger partial charge in [0.2, 0.25) is 0 Å². The Kier molecular flexibility index (Phi) is 25.9. The summed E-state index contributed by atoms with van der Waals surface area (Å²) in [5.41, 5.74) is 0. The summed E-state index contributed by atoms with van der Waals surface area (Å²) in [6, 6.07) is 0. The molecule has 0 atom stereocenters. The lowest BCUT2D eigenvalue weighted by Crippen LogP contribution is -1.91. The first-order valence-corrected chi connectivity index (χ1v) is 14.0. The molecule has 0 aromatic carbocycles. The van der Waals surface area contributed by atoms with Crippen molar-refractivity contribution in [2.75, 3.05) is 0 Å². The molecule has 0 aromatic heterocycles. The standard InChI is InChI=1S/C29H56O/c1-3-5-6-7-8-9-10-11-12-13-14-15-16-17-18-19-20-21-22-23-24-25-26-27-28-29(30)4-2/h4H,2-3,5-28H2,1H3. The van der Waals surface area contributed by atoms with E-state index in [-0.39, 0.29) is 5.78 Å². The van der Waals surface area contributed by atoms with Crippen molar-refractivity contribution in [3.8, 4) is 0 Å². The highest BCUT2D eigenvalue weighted by molar-refractivity contribution is 5.88. The van der Waals surface area contributed by atoms with Crippen LogP contribution in [0.15, 0.2) is 12.7 Å². The lowest BCUT2D eigenvalue weighted by Gasteiger charge is -2.04. The molecule has 1 nitrogen and oxygen atoms in total. The first-order valence-electron chi connectivity index (χ1n) is 14.0. The maximum atomic E-state index is 11.1. The zero-order valence-electron chi connectivity index (χ0n) is 20.9. The predicted molar refractivity (Wildman–Crippen MR) is 136 cm³/mol. The molecule has 30 heavy (non-hydrogen) atoms. The maximum absolute atomic E-state index is 11.1. The average Bonchev–Trinajstić information content (AvgIpc) is 2.76. The zero-order chi connectivity index (χ0) is 22.0. The molecular formula is C29H56O. The van der Waals surface area contributed by atoms with Gasteiger partial charge in [0.25, 0.3) is 0 Å². The fourth-order valence-corrected chi connectivity index (χ4v) is 4.36. The van der Waals surface area contributed by atoms with Crippen LogP contribution in [-0.2, 0) is 4.79 Å². The third-order valence-electron chi connectivity index (χ3n) is 6.50. The van der Waals surface area contributed by atoms with Gasteiger partial charge in [-0.15, -0.1) is 0 Å². The van der Waals surface area contributed by atoms with Crippen LogP contribution in [0.2, 0.25) is 0 Å². The molecule has 0 rings (SSSR count). The highest BCUT2D eigenvalue weighted by atomic mass is 16.1. The monoisotopic (exact) mass is 420 g/mol. The lowest BCUT2D eigenvalue weighted by molar-refractivity contribution is -0.114. The van der Waals surface area contributed by atoms with E-state index in [2.05, 4.69) is 13.5 Å². The van der Waals surface area contributed by atoms with E-state index in [1.54, 1.807) is 0 Å². The van der Waals surface area contributed by atoms with Crippen molar-refractivity contribution in [3.63, 3.8) is 0 Å². The van der Waals surface area contributed by atoms with Crippen LogP contribution in [0, 0.1) is 0 Å². The Morgan fingerprint density at radius 3 is 0.933 bits per heavy atom. The van der Waals surface area contributed by atoms with Gasteiger partial charge in [0.1, 0.15) is 0 Å². The van der Waals surface area contributed by atoms with Crippen molar-refractivity contribution in [3.05, 3.63) is 12.7 Å². The molecule has 0 aliphatic heterocycles. The number of ketones is 1. The van der Waals surface area contributed by atoms with Gasteiger partial charge < -0.3 is 0 Å². The summed E-state index contributed by atoms with van der Waals surface area (Å²) in [5, 5.41) is 0. The van der Waals surface area contributed by atoms with E-state index in [0.29, 0.717) is 6.42 Å². The highest BCUT2D eigenvalue weighted by Gasteiger charge is 1.97. The minimum absolute atomic E-state index is 0.203. The Morgan fingerprint density at radius 1 is 0.467 bits per heavy atom. The Hall–Kier alpha value is -0.590. The van der Waals surface area contributed by atoms with Crippen LogP contribution in [0.1, 0.15) is 167 Å². The Labute approximate surface area is 190 Å². The summed E-state index contributed by atoms with van der Waals surface area (Å²) >= 11 is 0. The molecule has 0 saturated carbocycles. The fraction of sp³-hybridized carbons (Fsp3) is 0.897. The van der Waals surface area contributed by atoms with Crippen LogP contribution >= 0.6 is 0 Å². The van der Waals surface area contributed by atoms with Crippen molar-refractivity contribution >= 4 is 5.78 Å². The van der Waals surface area contributed by atoms with Crippen LogP contribution in [0.5, 0.6) is 0 Å². The topological polar surface area (TPSA) is 17.1 Å². The third-order valence-corrected chi connectivity index (χ3v) is 6.50. The second-order valence-corrected chi connectivity index (χ2v) is 9.55. The number of carbonyl (C=O) groups is 1. The van der Waals surface area contributed by atoms with Crippen molar-refractivity contribution in [1.29, 1.82) is 0 Å². The number of hydrogen-bond donors (Lipinski definition) is 0. The molecule has 0 aromatic rings. The number of unbranched alkanes of at least 4 members (excludes halogenated alkanes) is 23. The molecule has 0 aliphatic rings. The van der Waals surface area contributed by atoms with Crippen molar-refractivity contribution in [2.24, 2.45) is 0 Å². The molecule has 0 saturated heterocycles. The molecule has 178 valence electrons. The first kappa shape index (κ1) is 29.4. The van der Waals surface area contributed by atoms with Crippen LogP contribution in [0.4, 0.5) is 0 Å². The van der Waals surface area contributed by atoms with Crippen LogP contribution in [-0.4, -0.2) is 5.78 Å². The number of rotatable bonds is 26. The number of carbonyl (C=O) groups excluding carboxylic acids is 1. The molecule has 0 unspecified atom stereocenters. The predicted octanol–water partition coefficient (Wildman–Crippen LogP) is 10.5. The molecular weight excluding hydrogens is 364 g/mol. The molecule has 0 aliphatic carbocycles. The zero-order valence-corrected chi connectivity index (χ0v) is 20.9. The molecule has 0 spiro atoms. The fourth-order valence-electron chi connectivity index (χ4n) is 4.36. The third kappa shape index (κ3) is 25.4. The highest BCUT2D eigenvalue weighted by Crippen LogP contribution is 2.15. The van der Waals surface area contributed by atoms with Gasteiger partial charge in [0, 0.05) is 6.42 Å². The van der Waals surface area contributed by atoms with E-state index in [4.69, 9.17) is 0 Å². The van der Waals surface area contributed by atoms with Gasteiger partial charge in [-0.05, 0) is 12.5 Å². The average molecular weight is 421 g/mol. The summed E-state index contributed by atoms with van der Waals surface area (Å²) < 4.78 is 0. The second-order valence-electron chi connectivity index (χ2n) is 9.55. The molecule has 0 heterocycles. The van der Waals surface area contributed by atoms with Gasteiger partial charge >= 0.3 is 0 Å². The van der Waals surface area contributed by atoms with Crippen LogP contribution in [0.3, 0.4) is 0 Å². The van der Waals surface area contributed by atoms with Crippen LogP contribution in [0.25, 0.3) is 0 Å². The molecule has 0 amide bonds. The van der Waals surface area contributed by atoms with Gasteiger partial charge in [-0.3, -0.25) is 4.79 Å². The lowest BCUT2D eigenvalue weighted by atomic mass is 10.0.